The summed E-state index contributed by atoms with van der Waals surface area (Å²) < 4.78 is 7.42. The number of non-ortho nitro benzene ring substituents is 1. The second-order valence-corrected chi connectivity index (χ2v) is 7.62. The monoisotopic (exact) mass is 397 g/mol. The summed E-state index contributed by atoms with van der Waals surface area (Å²) in [5.74, 6) is 0.564. The maximum atomic E-state index is 13.0. The molecule has 0 amide bonds. The molecule has 1 atom stereocenters. The van der Waals surface area contributed by atoms with Crippen LogP contribution in [0.5, 0.6) is 0 Å². The third-order valence-corrected chi connectivity index (χ3v) is 5.80. The number of benzene rings is 2. The Morgan fingerprint density at radius 1 is 1.21 bits per heavy atom. The lowest BCUT2D eigenvalue weighted by atomic mass is 10.2. The molecule has 1 saturated heterocycles. The number of nitrogens with zero attached hydrogens (tertiary/aromatic N) is 3. The maximum Gasteiger partial charge on any atom is 0.269 e. The molecule has 1 aliphatic heterocycles. The Balaban J connectivity index is 1.64. The molecule has 1 fully saturated rings. The molecule has 0 saturated carbocycles. The van der Waals surface area contributed by atoms with E-state index in [1.54, 1.807) is 22.8 Å². The lowest BCUT2D eigenvalue weighted by molar-refractivity contribution is -0.384. The Morgan fingerprint density at radius 3 is 2.71 bits per heavy atom. The molecular formula is C20H19N3O4S. The molecule has 0 N–H and O–H groups in total. The van der Waals surface area contributed by atoms with Crippen LogP contribution in [0.15, 0.2) is 58.5 Å². The van der Waals surface area contributed by atoms with Crippen molar-refractivity contribution in [1.82, 2.24) is 9.55 Å². The SMILES string of the molecule is O=c1c2ccccc2nc(SCc2ccc([N+](=O)[O-])cc2)n1C[C@H]1CCCO1. The minimum absolute atomic E-state index is 0.0272. The van der Waals surface area contributed by atoms with Crippen LogP contribution in [0.25, 0.3) is 10.9 Å². The molecule has 3 aromatic rings. The van der Waals surface area contributed by atoms with Gasteiger partial charge in [-0.25, -0.2) is 4.98 Å². The number of aromatic nitrogens is 2. The van der Waals surface area contributed by atoms with Crippen LogP contribution in [0.3, 0.4) is 0 Å². The number of rotatable bonds is 6. The van der Waals surface area contributed by atoms with Crippen LogP contribution in [0, 0.1) is 10.1 Å². The van der Waals surface area contributed by atoms with E-state index >= 15 is 0 Å². The van der Waals surface area contributed by atoms with Gasteiger partial charge in [-0.1, -0.05) is 36.0 Å². The van der Waals surface area contributed by atoms with Crippen molar-refractivity contribution in [2.75, 3.05) is 6.61 Å². The fraction of sp³-hybridized carbons (Fsp3) is 0.300. The first kappa shape index (κ1) is 18.6. The summed E-state index contributed by atoms with van der Waals surface area (Å²) in [5.41, 5.74) is 1.60. The van der Waals surface area contributed by atoms with Gasteiger partial charge in [0.15, 0.2) is 5.16 Å². The van der Waals surface area contributed by atoms with Crippen LogP contribution >= 0.6 is 11.8 Å². The lowest BCUT2D eigenvalue weighted by Crippen LogP contribution is -2.28. The van der Waals surface area contributed by atoms with E-state index in [1.165, 1.54) is 23.9 Å². The third kappa shape index (κ3) is 3.93. The zero-order valence-corrected chi connectivity index (χ0v) is 15.9. The van der Waals surface area contributed by atoms with Crippen molar-refractivity contribution in [1.29, 1.82) is 0 Å². The summed E-state index contributed by atoms with van der Waals surface area (Å²) in [6, 6.07) is 13.8. The van der Waals surface area contributed by atoms with Crippen molar-refractivity contribution >= 4 is 28.4 Å². The highest BCUT2D eigenvalue weighted by molar-refractivity contribution is 7.98. The molecule has 8 heteroatoms. The highest BCUT2D eigenvalue weighted by Gasteiger charge is 2.20. The van der Waals surface area contributed by atoms with Gasteiger partial charge in [-0.05, 0) is 30.5 Å². The quantitative estimate of drug-likeness (QED) is 0.272. The Hall–Kier alpha value is -2.71. The molecule has 1 aliphatic rings. The molecule has 7 nitrogen and oxygen atoms in total. The van der Waals surface area contributed by atoms with E-state index in [0.717, 1.165) is 25.0 Å². The topological polar surface area (TPSA) is 87.3 Å². The van der Waals surface area contributed by atoms with Crippen molar-refractivity contribution in [3.8, 4) is 0 Å². The van der Waals surface area contributed by atoms with Crippen molar-refractivity contribution < 1.29 is 9.66 Å². The molecule has 28 heavy (non-hydrogen) atoms. The molecule has 2 aromatic carbocycles. The van der Waals surface area contributed by atoms with E-state index in [0.29, 0.717) is 28.4 Å². The first-order chi connectivity index (χ1) is 13.6. The summed E-state index contributed by atoms with van der Waals surface area (Å²) in [5, 5.41) is 12.0. The Morgan fingerprint density at radius 2 is 2.00 bits per heavy atom. The molecule has 0 radical (unpaired) electrons. The van der Waals surface area contributed by atoms with Crippen molar-refractivity contribution in [3.05, 3.63) is 74.6 Å². The van der Waals surface area contributed by atoms with E-state index in [1.807, 2.05) is 18.2 Å². The number of thioether (sulfide) groups is 1. The zero-order chi connectivity index (χ0) is 19.5. The fourth-order valence-electron chi connectivity index (χ4n) is 3.27. The van der Waals surface area contributed by atoms with Gasteiger partial charge in [0, 0.05) is 24.5 Å². The Bertz CT molecular complexity index is 1060. The van der Waals surface area contributed by atoms with Crippen molar-refractivity contribution in [2.45, 2.75) is 36.4 Å². The number of hydrogen-bond donors (Lipinski definition) is 0. The Labute approximate surface area is 165 Å². The average molecular weight is 397 g/mol. The molecule has 0 bridgehead atoms. The largest absolute Gasteiger partial charge is 0.376 e. The van der Waals surface area contributed by atoms with Crippen LogP contribution in [0.1, 0.15) is 18.4 Å². The summed E-state index contributed by atoms with van der Waals surface area (Å²) in [7, 11) is 0. The minimum Gasteiger partial charge on any atom is -0.376 e. The average Bonchev–Trinajstić information content (AvgIpc) is 3.22. The number of ether oxygens (including phenoxy) is 1. The molecule has 0 spiro atoms. The van der Waals surface area contributed by atoms with Gasteiger partial charge < -0.3 is 4.74 Å². The second kappa shape index (κ2) is 8.12. The third-order valence-electron chi connectivity index (χ3n) is 4.75. The van der Waals surface area contributed by atoms with E-state index in [4.69, 9.17) is 9.72 Å². The first-order valence-corrected chi connectivity index (χ1v) is 10.1. The van der Waals surface area contributed by atoms with Gasteiger partial charge in [0.2, 0.25) is 0 Å². The van der Waals surface area contributed by atoms with Crippen molar-refractivity contribution in [2.24, 2.45) is 0 Å². The molecule has 2 heterocycles. The molecule has 1 aromatic heterocycles. The van der Waals surface area contributed by atoms with Gasteiger partial charge in [0.25, 0.3) is 11.2 Å². The van der Waals surface area contributed by atoms with Gasteiger partial charge >= 0.3 is 0 Å². The van der Waals surface area contributed by atoms with Crippen LogP contribution < -0.4 is 5.56 Å². The molecule has 0 aliphatic carbocycles. The molecule has 4 rings (SSSR count). The first-order valence-electron chi connectivity index (χ1n) is 9.09. The maximum absolute atomic E-state index is 13.0. The van der Waals surface area contributed by atoms with Gasteiger partial charge in [0.1, 0.15) is 0 Å². The standard InChI is InChI=1S/C20H19N3O4S/c24-19-17-5-1-2-6-18(17)21-20(22(19)12-16-4-3-11-27-16)28-13-14-7-9-15(10-8-14)23(25)26/h1-2,5-10,16H,3-4,11-13H2/t16-/m1/s1. The fourth-order valence-corrected chi connectivity index (χ4v) is 4.24. The normalized spacial score (nSPS) is 16.5. The number of fused-ring (bicyclic) bond motifs is 1. The Kier molecular flexibility index (Phi) is 5.40. The van der Waals surface area contributed by atoms with E-state index in [2.05, 4.69) is 0 Å². The van der Waals surface area contributed by atoms with Crippen LogP contribution in [0.4, 0.5) is 5.69 Å². The number of hydrogen-bond acceptors (Lipinski definition) is 6. The van der Waals surface area contributed by atoms with E-state index in [-0.39, 0.29) is 17.4 Å². The summed E-state index contributed by atoms with van der Waals surface area (Å²) in [6.45, 7) is 1.21. The minimum atomic E-state index is -0.416. The van der Waals surface area contributed by atoms with Crippen LogP contribution in [-0.4, -0.2) is 27.2 Å². The van der Waals surface area contributed by atoms with Crippen LogP contribution in [0.2, 0.25) is 0 Å². The van der Waals surface area contributed by atoms with Gasteiger partial charge in [-0.2, -0.15) is 0 Å². The van der Waals surface area contributed by atoms with Gasteiger partial charge in [-0.15, -0.1) is 0 Å². The highest BCUT2D eigenvalue weighted by Crippen LogP contribution is 2.25. The highest BCUT2D eigenvalue weighted by atomic mass is 32.2. The lowest BCUT2D eigenvalue weighted by Gasteiger charge is -2.16. The van der Waals surface area contributed by atoms with Crippen LogP contribution in [-0.2, 0) is 17.0 Å². The number of nitro benzene ring substituents is 1. The van der Waals surface area contributed by atoms with E-state index in [9.17, 15) is 14.9 Å². The smallest absolute Gasteiger partial charge is 0.269 e. The molecular weight excluding hydrogens is 378 g/mol. The zero-order valence-electron chi connectivity index (χ0n) is 15.1. The number of nitro groups is 1. The molecule has 0 unspecified atom stereocenters. The number of para-hydroxylation sites is 1. The van der Waals surface area contributed by atoms with Crippen molar-refractivity contribution in [3.63, 3.8) is 0 Å². The summed E-state index contributed by atoms with van der Waals surface area (Å²) >= 11 is 1.45. The van der Waals surface area contributed by atoms with Gasteiger partial charge in [0.05, 0.1) is 28.5 Å². The van der Waals surface area contributed by atoms with E-state index < -0.39 is 4.92 Å². The molecule has 144 valence electrons. The second-order valence-electron chi connectivity index (χ2n) is 6.67. The predicted molar refractivity (Wildman–Crippen MR) is 108 cm³/mol. The summed E-state index contributed by atoms with van der Waals surface area (Å²) in [6.07, 6.45) is 1.97. The van der Waals surface area contributed by atoms with Gasteiger partial charge in [-0.3, -0.25) is 19.5 Å². The predicted octanol–water partition coefficient (Wildman–Crippen LogP) is 3.78. The summed E-state index contributed by atoms with van der Waals surface area (Å²) in [4.78, 5) is 28.1.